The van der Waals surface area contributed by atoms with Gasteiger partial charge in [0, 0.05) is 31.0 Å². The molecule has 0 aromatic heterocycles. The highest BCUT2D eigenvalue weighted by Crippen LogP contribution is 2.42. The van der Waals surface area contributed by atoms with Crippen LogP contribution in [-0.4, -0.2) is 55.1 Å². The third-order valence-corrected chi connectivity index (χ3v) is 7.29. The second-order valence-electron chi connectivity index (χ2n) is 5.62. The van der Waals surface area contributed by atoms with Crippen molar-refractivity contribution in [2.75, 3.05) is 32.5 Å². The van der Waals surface area contributed by atoms with Gasteiger partial charge < -0.3 is 5.11 Å². The quantitative estimate of drug-likeness (QED) is 0.762. The maximum absolute atomic E-state index is 12.3. The van der Waals surface area contributed by atoms with E-state index in [4.69, 9.17) is 0 Å². The van der Waals surface area contributed by atoms with Gasteiger partial charge in [0.1, 0.15) is 0 Å². The lowest BCUT2D eigenvalue weighted by Crippen LogP contribution is -2.51. The summed E-state index contributed by atoms with van der Waals surface area (Å²) in [5.41, 5.74) is 0. The summed E-state index contributed by atoms with van der Waals surface area (Å²) in [6.45, 7) is 1.60. The minimum absolute atomic E-state index is 0.0702. The van der Waals surface area contributed by atoms with E-state index in [0.29, 0.717) is 19.6 Å². The number of aliphatic hydroxyl groups is 1. The summed E-state index contributed by atoms with van der Waals surface area (Å²) >= 11 is 1.77. The highest BCUT2D eigenvalue weighted by Gasteiger charge is 2.38. The predicted octanol–water partition coefficient (Wildman–Crippen LogP) is 0.811. The lowest BCUT2D eigenvalue weighted by molar-refractivity contribution is 0.164. The van der Waals surface area contributed by atoms with Crippen LogP contribution in [0.5, 0.6) is 0 Å². The Kier molecular flexibility index (Phi) is 5.16. The van der Waals surface area contributed by atoms with Gasteiger partial charge in [0.2, 0.25) is 0 Å². The summed E-state index contributed by atoms with van der Waals surface area (Å²) in [7, 11) is -3.39. The number of aliphatic hydroxyl groups excluding tert-OH is 1. The largest absolute Gasteiger partial charge is 0.396 e. The predicted molar refractivity (Wildman–Crippen MR) is 78.4 cm³/mol. The maximum atomic E-state index is 12.3. The Bertz CT molecular complexity index is 390. The smallest absolute Gasteiger partial charge is 0.279 e. The standard InChI is InChI=1S/C12H24N2O3S2/c1-18-12(5-3-6-12)10-13-19(16,17)14-7-2-4-11(8-14)9-15/h11,13,15H,2-10H2,1H3. The highest BCUT2D eigenvalue weighted by molar-refractivity contribution is 8.00. The van der Waals surface area contributed by atoms with Gasteiger partial charge in [-0.25, -0.2) is 4.72 Å². The molecule has 19 heavy (non-hydrogen) atoms. The van der Waals surface area contributed by atoms with Crippen molar-refractivity contribution in [3.63, 3.8) is 0 Å². The molecule has 7 heteroatoms. The number of nitrogens with one attached hydrogen (secondary N) is 1. The van der Waals surface area contributed by atoms with Crippen LogP contribution in [-0.2, 0) is 10.2 Å². The second kappa shape index (κ2) is 6.30. The van der Waals surface area contributed by atoms with Gasteiger partial charge in [-0.3, -0.25) is 0 Å². The number of nitrogens with zero attached hydrogens (tertiary/aromatic N) is 1. The van der Waals surface area contributed by atoms with Crippen LogP contribution in [0.1, 0.15) is 32.1 Å². The number of hydrogen-bond acceptors (Lipinski definition) is 4. The first-order chi connectivity index (χ1) is 9.01. The zero-order valence-electron chi connectivity index (χ0n) is 11.5. The molecule has 0 radical (unpaired) electrons. The van der Waals surface area contributed by atoms with Gasteiger partial charge in [-0.15, -0.1) is 0 Å². The first-order valence-electron chi connectivity index (χ1n) is 6.92. The lowest BCUT2D eigenvalue weighted by Gasteiger charge is -2.41. The topological polar surface area (TPSA) is 69.6 Å². The van der Waals surface area contributed by atoms with E-state index in [2.05, 4.69) is 11.0 Å². The molecule has 1 saturated heterocycles. The van der Waals surface area contributed by atoms with Crippen LogP contribution in [0.15, 0.2) is 0 Å². The summed E-state index contributed by atoms with van der Waals surface area (Å²) < 4.78 is 28.9. The van der Waals surface area contributed by atoms with Gasteiger partial charge in [0.05, 0.1) is 0 Å². The van der Waals surface area contributed by atoms with E-state index < -0.39 is 10.2 Å². The van der Waals surface area contributed by atoms with E-state index in [-0.39, 0.29) is 17.3 Å². The van der Waals surface area contributed by atoms with Crippen molar-refractivity contribution in [3.8, 4) is 0 Å². The fourth-order valence-electron chi connectivity index (χ4n) is 2.73. The first-order valence-corrected chi connectivity index (χ1v) is 9.58. The second-order valence-corrected chi connectivity index (χ2v) is 8.65. The van der Waals surface area contributed by atoms with Crippen molar-refractivity contribution in [2.45, 2.75) is 36.9 Å². The molecule has 2 rings (SSSR count). The fraction of sp³-hybridized carbons (Fsp3) is 1.00. The normalized spacial score (nSPS) is 28.0. The monoisotopic (exact) mass is 308 g/mol. The molecule has 0 aromatic carbocycles. The van der Waals surface area contributed by atoms with Crippen LogP contribution < -0.4 is 4.72 Å². The number of hydrogen-bond donors (Lipinski definition) is 2. The van der Waals surface area contributed by atoms with Crippen LogP contribution in [0.3, 0.4) is 0 Å². The van der Waals surface area contributed by atoms with E-state index in [1.165, 1.54) is 10.7 Å². The molecular formula is C12H24N2O3S2. The molecule has 2 N–H and O–H groups in total. The van der Waals surface area contributed by atoms with Gasteiger partial charge in [0.25, 0.3) is 10.2 Å². The highest BCUT2D eigenvalue weighted by atomic mass is 32.2. The van der Waals surface area contributed by atoms with Gasteiger partial charge in [-0.2, -0.15) is 24.5 Å². The third kappa shape index (κ3) is 3.64. The Hall–Kier alpha value is 0.180. The molecule has 1 aliphatic carbocycles. The number of thioether (sulfide) groups is 1. The average Bonchev–Trinajstić information content (AvgIpc) is 2.38. The number of rotatable bonds is 6. The molecule has 0 aromatic rings. The molecule has 1 saturated carbocycles. The van der Waals surface area contributed by atoms with Gasteiger partial charge in [0.15, 0.2) is 0 Å². The van der Waals surface area contributed by atoms with E-state index in [0.717, 1.165) is 25.7 Å². The van der Waals surface area contributed by atoms with E-state index in [9.17, 15) is 13.5 Å². The summed E-state index contributed by atoms with van der Waals surface area (Å²) in [5, 5.41) is 9.17. The zero-order chi connectivity index (χ0) is 13.9. The van der Waals surface area contributed by atoms with Crippen LogP contribution in [0.25, 0.3) is 0 Å². The summed E-state index contributed by atoms with van der Waals surface area (Å²) in [6, 6.07) is 0. The summed E-state index contributed by atoms with van der Waals surface area (Å²) in [4.78, 5) is 0. The minimum atomic E-state index is -3.39. The van der Waals surface area contributed by atoms with Crippen LogP contribution in [0.4, 0.5) is 0 Å². The summed E-state index contributed by atoms with van der Waals surface area (Å²) in [6.07, 6.45) is 7.18. The summed E-state index contributed by atoms with van der Waals surface area (Å²) in [5.74, 6) is 0.0866. The average molecular weight is 308 g/mol. The number of piperidine rings is 1. The molecule has 1 aliphatic heterocycles. The van der Waals surface area contributed by atoms with Gasteiger partial charge in [-0.1, -0.05) is 6.42 Å². The van der Waals surface area contributed by atoms with Crippen molar-refractivity contribution in [3.05, 3.63) is 0 Å². The van der Waals surface area contributed by atoms with Crippen molar-refractivity contribution < 1.29 is 13.5 Å². The Labute approximate surface area is 120 Å². The van der Waals surface area contributed by atoms with E-state index >= 15 is 0 Å². The Balaban J connectivity index is 1.90. The van der Waals surface area contributed by atoms with Crippen molar-refractivity contribution in [1.29, 1.82) is 0 Å². The molecular weight excluding hydrogens is 284 g/mol. The molecule has 2 fully saturated rings. The molecule has 5 nitrogen and oxygen atoms in total. The van der Waals surface area contributed by atoms with Crippen molar-refractivity contribution in [2.24, 2.45) is 5.92 Å². The maximum Gasteiger partial charge on any atom is 0.279 e. The molecule has 112 valence electrons. The SMILES string of the molecule is CSC1(CNS(=O)(=O)N2CCCC(CO)C2)CCC1. The Morgan fingerprint density at radius 2 is 2.16 bits per heavy atom. The molecule has 0 bridgehead atoms. The molecule has 2 aliphatic rings. The molecule has 1 atom stereocenters. The van der Waals surface area contributed by atoms with Crippen molar-refractivity contribution in [1.82, 2.24) is 9.03 Å². The van der Waals surface area contributed by atoms with Crippen LogP contribution >= 0.6 is 11.8 Å². The minimum Gasteiger partial charge on any atom is -0.396 e. The Morgan fingerprint density at radius 3 is 2.68 bits per heavy atom. The van der Waals surface area contributed by atoms with E-state index in [1.54, 1.807) is 11.8 Å². The molecule has 0 spiro atoms. The Morgan fingerprint density at radius 1 is 1.42 bits per heavy atom. The zero-order valence-corrected chi connectivity index (χ0v) is 13.1. The van der Waals surface area contributed by atoms with Crippen LogP contribution in [0.2, 0.25) is 0 Å². The van der Waals surface area contributed by atoms with E-state index in [1.807, 2.05) is 0 Å². The van der Waals surface area contributed by atoms with Crippen LogP contribution in [0, 0.1) is 5.92 Å². The third-order valence-electron chi connectivity index (χ3n) is 4.35. The molecule has 1 heterocycles. The van der Waals surface area contributed by atoms with Gasteiger partial charge in [-0.05, 0) is 37.9 Å². The molecule has 0 amide bonds. The fourth-order valence-corrected chi connectivity index (χ4v) is 5.15. The molecule has 1 unspecified atom stereocenters. The first kappa shape index (κ1) is 15.6. The van der Waals surface area contributed by atoms with Gasteiger partial charge >= 0.3 is 0 Å². The lowest BCUT2D eigenvalue weighted by atomic mass is 9.84. The van der Waals surface area contributed by atoms with Crippen molar-refractivity contribution >= 4 is 22.0 Å².